The predicted molar refractivity (Wildman–Crippen MR) is 209 cm³/mol. The average Bonchev–Trinajstić information content (AvgIpc) is 3.13. The molecule has 2 aromatic rings. The maximum atomic E-state index is 13.9. The standard InChI is InChI=1S/C36H28N8O10S2/c1-19-15-21(3-13-28(19)40-38-25-7-11-27(45)12-8-25)22-4-14-29(20(2)16-22)41-43-35-31(56(52,53)54)18-23-17-30(55(49,50)51)34(33(37)32(23)36(35)46)42-39-24-5-9-26(10-6-24)44(47)48/h3-18,47-48H,1-2H3,(H4-,37,39,46,49,50,51,52,53,54)/p+1. The Kier molecular flexibility index (Phi) is 10.7. The molecule has 56 heavy (non-hydrogen) atoms. The molecule has 0 spiro atoms. The molecule has 0 aliphatic heterocycles. The summed E-state index contributed by atoms with van der Waals surface area (Å²) in [6, 6.07) is 5.80. The van der Waals surface area contributed by atoms with E-state index in [4.69, 9.17) is 16.1 Å². The zero-order valence-corrected chi connectivity index (χ0v) is 30.7. The number of hydrogen-bond acceptors (Lipinski definition) is 15. The molecule has 18 nitrogen and oxygen atoms in total. The van der Waals surface area contributed by atoms with Crippen molar-refractivity contribution in [3.63, 3.8) is 0 Å². The molecule has 20 heteroatoms. The van der Waals surface area contributed by atoms with E-state index in [1.807, 2.05) is 19.1 Å². The highest BCUT2D eigenvalue weighted by molar-refractivity contribution is 7.97. The summed E-state index contributed by atoms with van der Waals surface area (Å²) in [7, 11) is -10.0. The van der Waals surface area contributed by atoms with Crippen molar-refractivity contribution in [2.24, 2.45) is 30.6 Å². The normalized spacial score (nSPS) is 20.6. The van der Waals surface area contributed by atoms with E-state index in [2.05, 4.69) is 30.6 Å². The van der Waals surface area contributed by atoms with Crippen LogP contribution < -0.4 is 11.0 Å². The van der Waals surface area contributed by atoms with Gasteiger partial charge in [0.2, 0.25) is 5.78 Å². The van der Waals surface area contributed by atoms with Crippen molar-refractivity contribution in [2.45, 2.75) is 18.7 Å². The van der Waals surface area contributed by atoms with Crippen LogP contribution in [0.2, 0.25) is 0 Å². The third-order valence-electron chi connectivity index (χ3n) is 8.30. The van der Waals surface area contributed by atoms with E-state index < -0.39 is 58.8 Å². The quantitative estimate of drug-likeness (QED) is 0.0462. The van der Waals surface area contributed by atoms with Crippen molar-refractivity contribution in [3.8, 4) is 0 Å². The summed E-state index contributed by atoms with van der Waals surface area (Å²) in [6.45, 7) is 3.57. The molecule has 0 heterocycles. The van der Waals surface area contributed by atoms with Crippen molar-refractivity contribution >= 4 is 83.9 Å². The van der Waals surface area contributed by atoms with Gasteiger partial charge in [-0.15, -0.1) is 20.5 Å². The van der Waals surface area contributed by atoms with Gasteiger partial charge >= 0.3 is 10.5 Å². The van der Waals surface area contributed by atoms with E-state index in [1.54, 1.807) is 43.4 Å². The highest BCUT2D eigenvalue weighted by Gasteiger charge is 2.44. The van der Waals surface area contributed by atoms with E-state index in [-0.39, 0.29) is 33.7 Å². The predicted octanol–water partition coefficient (Wildman–Crippen LogP) is 6.12. The van der Waals surface area contributed by atoms with E-state index in [0.29, 0.717) is 17.0 Å². The number of hydrogen-bond donors (Lipinski definition) is 6. The van der Waals surface area contributed by atoms with Gasteiger partial charge in [0.1, 0.15) is 10.6 Å². The van der Waals surface area contributed by atoms with Crippen LogP contribution in [-0.2, 0) is 29.6 Å². The van der Waals surface area contributed by atoms with Gasteiger partial charge in [-0.25, -0.2) is 0 Å². The topological polar surface area (TPSA) is 290 Å². The number of anilines is 2. The molecule has 6 rings (SSSR count). The maximum absolute atomic E-state index is 13.9. The Hall–Kier alpha value is -6.52. The van der Waals surface area contributed by atoms with Gasteiger partial charge in [0, 0.05) is 6.08 Å². The summed E-state index contributed by atoms with van der Waals surface area (Å²) in [4.78, 5) is 23.4. The second-order valence-electron chi connectivity index (χ2n) is 12.2. The first kappa shape index (κ1) is 39.2. The van der Waals surface area contributed by atoms with Crippen molar-refractivity contribution in [1.82, 2.24) is 0 Å². The lowest BCUT2D eigenvalue weighted by molar-refractivity contribution is -0.110. The van der Waals surface area contributed by atoms with E-state index in [0.717, 1.165) is 28.9 Å². The number of Topliss-reactive ketones (excluding diaryl/α,β-unsaturated/α-hetero) is 1. The van der Waals surface area contributed by atoms with Gasteiger partial charge in [0.25, 0.3) is 15.0 Å². The Labute approximate surface area is 319 Å². The van der Waals surface area contributed by atoms with Crippen LogP contribution in [0, 0.1) is 0 Å². The number of carbonyl (C=O) groups is 2. The van der Waals surface area contributed by atoms with Crippen molar-refractivity contribution in [2.75, 3.05) is 11.0 Å². The first-order valence-electron chi connectivity index (χ1n) is 16.0. The third-order valence-corrected chi connectivity index (χ3v) is 10.1. The molecule has 0 saturated carbocycles. The number of fused-ring (bicyclic) bond motifs is 1. The largest absolute Gasteiger partial charge is 0.396 e. The Morgan fingerprint density at radius 1 is 0.750 bits per heavy atom. The molecule has 4 aliphatic rings. The first-order valence-corrected chi connectivity index (χ1v) is 18.9. The molecule has 0 radical (unpaired) electrons. The average molecular weight is 798 g/mol. The SMILES string of the molecule is CC1=CC(=C2C=CC(=NN=C3C(=O)c4c(cc(S(=O)(=O)O)c(N=Nc5ccc(N(O)O)cc5)c4N)C=C3[S+](=O)(O)O)C(C)=C2)C=CC1=NN=C1C=CC(=O)C=C1. The Morgan fingerprint density at radius 3 is 1.84 bits per heavy atom. The molecule has 0 amide bonds. The molecule has 2 aromatic carbocycles. The molecule has 0 unspecified atom stereocenters. The molecule has 4 aliphatic carbocycles. The van der Waals surface area contributed by atoms with E-state index in [9.17, 15) is 35.9 Å². The first-order chi connectivity index (χ1) is 26.4. The minimum Gasteiger partial charge on any atom is -0.396 e. The smallest absolute Gasteiger partial charge is 0.388 e. The summed E-state index contributed by atoms with van der Waals surface area (Å²) in [6.07, 6.45) is 17.4. The lowest BCUT2D eigenvalue weighted by Gasteiger charge is -2.18. The lowest BCUT2D eigenvalue weighted by Crippen LogP contribution is -2.29. The van der Waals surface area contributed by atoms with Gasteiger partial charge < -0.3 is 5.73 Å². The molecule has 7 N–H and O–H groups in total. The van der Waals surface area contributed by atoms with E-state index >= 15 is 0 Å². The van der Waals surface area contributed by atoms with Crippen LogP contribution in [-0.4, -0.2) is 66.9 Å². The van der Waals surface area contributed by atoms with Crippen LogP contribution in [0.3, 0.4) is 0 Å². The van der Waals surface area contributed by atoms with Crippen molar-refractivity contribution in [1.29, 1.82) is 0 Å². The molecule has 0 aromatic heterocycles. The number of ketones is 2. The fourth-order valence-electron chi connectivity index (χ4n) is 5.48. The van der Waals surface area contributed by atoms with E-state index in [1.165, 1.54) is 36.4 Å². The molecular formula is C36H29N8O10S2+. The maximum Gasteiger partial charge on any atom is 0.388 e. The highest BCUT2D eigenvalue weighted by Crippen LogP contribution is 2.41. The fourth-order valence-corrected chi connectivity index (χ4v) is 6.81. The number of nitrogens with zero attached hydrogens (tertiary/aromatic N) is 7. The Bertz CT molecular complexity index is 2670. The second kappa shape index (κ2) is 15.3. The van der Waals surface area contributed by atoms with Crippen LogP contribution in [0.15, 0.2) is 154 Å². The zero-order valence-electron chi connectivity index (χ0n) is 29.0. The number of rotatable bonds is 7. The minimum atomic E-state index is -5.10. The molecule has 0 fully saturated rings. The number of azo groups is 1. The van der Waals surface area contributed by atoms with Gasteiger partial charge in [0.15, 0.2) is 11.5 Å². The molecule has 0 saturated heterocycles. The zero-order chi connectivity index (χ0) is 40.5. The highest BCUT2D eigenvalue weighted by atomic mass is 32.3. The monoisotopic (exact) mass is 797 g/mol. The number of carbonyl (C=O) groups excluding carboxylic acids is 2. The Morgan fingerprint density at radius 2 is 1.32 bits per heavy atom. The van der Waals surface area contributed by atoms with Gasteiger partial charge in [-0.2, -0.15) is 32.8 Å². The summed E-state index contributed by atoms with van der Waals surface area (Å²) in [5.74, 6) is -1.26. The van der Waals surface area contributed by atoms with Crippen LogP contribution in [0.5, 0.6) is 0 Å². The summed E-state index contributed by atoms with van der Waals surface area (Å²) >= 11 is 0. The van der Waals surface area contributed by atoms with Crippen molar-refractivity contribution < 1.29 is 46.3 Å². The van der Waals surface area contributed by atoms with Crippen LogP contribution in [0.25, 0.3) is 6.08 Å². The third kappa shape index (κ3) is 8.40. The van der Waals surface area contributed by atoms with Crippen LogP contribution >= 0.6 is 0 Å². The Balaban J connectivity index is 1.34. The summed E-state index contributed by atoms with van der Waals surface area (Å²) in [5.41, 5.74) is 7.83. The van der Waals surface area contributed by atoms with Gasteiger partial charge in [0.05, 0.1) is 39.8 Å². The number of benzene rings is 2. The fraction of sp³-hybridized carbons (Fsp3) is 0.0556. The number of allylic oxidation sites excluding steroid dienone is 15. The summed E-state index contributed by atoms with van der Waals surface area (Å²) in [5, 5.41) is 42.4. The molecular weight excluding hydrogens is 769 g/mol. The van der Waals surface area contributed by atoms with Crippen LogP contribution in [0.1, 0.15) is 29.8 Å². The minimum absolute atomic E-state index is 0.0383. The lowest BCUT2D eigenvalue weighted by atomic mass is 9.92. The number of nitrogens with two attached hydrogens (primary N) is 1. The van der Waals surface area contributed by atoms with Gasteiger partial charge in [-0.3, -0.25) is 24.6 Å². The number of nitrogen functional groups attached to an aromatic ring is 1. The molecule has 0 bridgehead atoms. The second-order valence-corrected chi connectivity index (χ2v) is 15.0. The molecule has 0 atom stereocenters. The van der Waals surface area contributed by atoms with Gasteiger partial charge in [-0.05, 0) is 125 Å². The van der Waals surface area contributed by atoms with Gasteiger partial charge in [-0.1, -0.05) is 12.2 Å². The van der Waals surface area contributed by atoms with Crippen molar-refractivity contribution in [3.05, 3.63) is 129 Å². The summed E-state index contributed by atoms with van der Waals surface area (Å²) < 4.78 is 67.7. The molecule has 284 valence electrons. The van der Waals surface area contributed by atoms with Crippen LogP contribution in [0.4, 0.5) is 22.7 Å².